The van der Waals surface area contributed by atoms with E-state index in [4.69, 9.17) is 16.3 Å². The Kier molecular flexibility index (Phi) is 5.41. The molecule has 5 heteroatoms. The van der Waals surface area contributed by atoms with Crippen LogP contribution < -0.4 is 4.74 Å². The van der Waals surface area contributed by atoms with Gasteiger partial charge in [-0.15, -0.1) is 11.3 Å². The molecule has 120 valence electrons. The number of hydrogen-bond acceptors (Lipinski definition) is 4. The summed E-state index contributed by atoms with van der Waals surface area (Å²) in [4.78, 5) is 17.0. The Labute approximate surface area is 149 Å². The average Bonchev–Trinajstić information content (AvgIpc) is 3.06. The number of hydrogen-bond donors (Lipinski definition) is 0. The van der Waals surface area contributed by atoms with E-state index in [9.17, 15) is 4.79 Å². The highest BCUT2D eigenvalue weighted by Crippen LogP contribution is 2.24. The van der Waals surface area contributed by atoms with Gasteiger partial charge in [0.1, 0.15) is 12.4 Å². The van der Waals surface area contributed by atoms with Crippen LogP contribution in [0.1, 0.15) is 20.9 Å². The molecule has 0 N–H and O–H groups in total. The minimum Gasteiger partial charge on any atom is -0.487 e. The Morgan fingerprint density at radius 2 is 1.96 bits per heavy atom. The molecule has 0 spiro atoms. The second-order valence-electron chi connectivity index (χ2n) is 4.95. The Hall–Kier alpha value is -2.43. The van der Waals surface area contributed by atoms with Gasteiger partial charge in [-0.1, -0.05) is 35.9 Å². The Morgan fingerprint density at radius 3 is 2.71 bits per heavy atom. The summed E-state index contributed by atoms with van der Waals surface area (Å²) in [6, 6.07) is 16.7. The van der Waals surface area contributed by atoms with Gasteiger partial charge < -0.3 is 4.74 Å². The molecule has 0 aliphatic heterocycles. The Bertz CT molecular complexity index is 859. The number of nitrogens with zero attached hydrogens (tertiary/aromatic N) is 1. The highest BCUT2D eigenvalue weighted by Gasteiger charge is 2.06. The SMILES string of the molecule is O=C(/C=C\c1ccccc1OCc1ccccn1)c1ccc(Cl)s1. The molecular formula is C19H14ClNO2S. The molecule has 0 saturated carbocycles. The molecule has 3 rings (SSSR count). The first-order valence-electron chi connectivity index (χ1n) is 7.32. The number of pyridine rings is 1. The number of rotatable bonds is 6. The van der Waals surface area contributed by atoms with Crippen LogP contribution >= 0.6 is 22.9 Å². The van der Waals surface area contributed by atoms with Crippen LogP contribution in [0.15, 0.2) is 66.9 Å². The molecular weight excluding hydrogens is 342 g/mol. The number of para-hydroxylation sites is 1. The molecule has 3 aromatic rings. The predicted molar refractivity (Wildman–Crippen MR) is 97.7 cm³/mol. The van der Waals surface area contributed by atoms with Crippen LogP contribution in [0.25, 0.3) is 6.08 Å². The zero-order valence-electron chi connectivity index (χ0n) is 12.7. The van der Waals surface area contributed by atoms with Crippen molar-refractivity contribution in [3.63, 3.8) is 0 Å². The van der Waals surface area contributed by atoms with Gasteiger partial charge in [-0.3, -0.25) is 9.78 Å². The Morgan fingerprint density at radius 1 is 1.12 bits per heavy atom. The lowest BCUT2D eigenvalue weighted by Crippen LogP contribution is -1.99. The van der Waals surface area contributed by atoms with Gasteiger partial charge in [0.05, 0.1) is 14.9 Å². The van der Waals surface area contributed by atoms with Gasteiger partial charge in [0.2, 0.25) is 0 Å². The summed E-state index contributed by atoms with van der Waals surface area (Å²) < 4.78 is 6.42. The molecule has 0 aliphatic rings. The summed E-state index contributed by atoms with van der Waals surface area (Å²) in [5.41, 5.74) is 1.69. The molecule has 0 unspecified atom stereocenters. The topological polar surface area (TPSA) is 39.2 Å². The Balaban J connectivity index is 1.72. The second-order valence-corrected chi connectivity index (χ2v) is 6.66. The number of allylic oxidation sites excluding steroid dienone is 1. The predicted octanol–water partition coefficient (Wildman–Crippen LogP) is 5.27. The maximum absolute atomic E-state index is 12.1. The first-order chi connectivity index (χ1) is 11.7. The summed E-state index contributed by atoms with van der Waals surface area (Å²) in [6.07, 6.45) is 5.02. The van der Waals surface area contributed by atoms with Crippen molar-refractivity contribution >= 4 is 34.8 Å². The minimum absolute atomic E-state index is 0.0774. The molecule has 0 aliphatic carbocycles. The highest BCUT2D eigenvalue weighted by atomic mass is 35.5. The van der Waals surface area contributed by atoms with Crippen molar-refractivity contribution in [1.82, 2.24) is 4.98 Å². The van der Waals surface area contributed by atoms with Crippen molar-refractivity contribution in [2.75, 3.05) is 0 Å². The molecule has 3 nitrogen and oxygen atoms in total. The smallest absolute Gasteiger partial charge is 0.195 e. The molecule has 0 atom stereocenters. The van der Waals surface area contributed by atoms with Crippen molar-refractivity contribution in [1.29, 1.82) is 0 Å². The van der Waals surface area contributed by atoms with Gasteiger partial charge in [-0.2, -0.15) is 0 Å². The van der Waals surface area contributed by atoms with E-state index in [0.717, 1.165) is 11.3 Å². The fourth-order valence-corrected chi connectivity index (χ4v) is 3.04. The van der Waals surface area contributed by atoms with E-state index in [1.807, 2.05) is 42.5 Å². The molecule has 0 radical (unpaired) electrons. The van der Waals surface area contributed by atoms with E-state index in [1.165, 1.54) is 17.4 Å². The molecule has 2 heterocycles. The molecule has 0 bridgehead atoms. The third-order valence-electron chi connectivity index (χ3n) is 3.25. The van der Waals surface area contributed by atoms with E-state index >= 15 is 0 Å². The number of halogens is 1. The van der Waals surface area contributed by atoms with Gasteiger partial charge in [0, 0.05) is 11.8 Å². The van der Waals surface area contributed by atoms with Crippen LogP contribution in [-0.2, 0) is 6.61 Å². The maximum Gasteiger partial charge on any atom is 0.195 e. The summed E-state index contributed by atoms with van der Waals surface area (Å²) in [5.74, 6) is 0.628. The number of thiophene rings is 1. The third-order valence-corrected chi connectivity index (χ3v) is 4.50. The number of ether oxygens (including phenoxy) is 1. The average molecular weight is 356 g/mol. The molecule has 24 heavy (non-hydrogen) atoms. The van der Waals surface area contributed by atoms with Crippen molar-refractivity contribution in [3.05, 3.63) is 87.3 Å². The van der Waals surface area contributed by atoms with Crippen molar-refractivity contribution in [2.24, 2.45) is 0 Å². The van der Waals surface area contributed by atoms with Gasteiger partial charge in [-0.25, -0.2) is 0 Å². The first kappa shape index (κ1) is 16.4. The number of aromatic nitrogens is 1. The minimum atomic E-state index is -0.0774. The van der Waals surface area contributed by atoms with Crippen molar-refractivity contribution in [2.45, 2.75) is 6.61 Å². The normalized spacial score (nSPS) is 10.9. The lowest BCUT2D eigenvalue weighted by atomic mass is 10.1. The van der Waals surface area contributed by atoms with Crippen LogP contribution in [0.2, 0.25) is 4.34 Å². The van der Waals surface area contributed by atoms with Crippen molar-refractivity contribution < 1.29 is 9.53 Å². The zero-order chi connectivity index (χ0) is 16.8. The number of benzene rings is 1. The summed E-state index contributed by atoms with van der Waals surface area (Å²) in [5, 5.41) is 0. The number of carbonyl (C=O) groups is 1. The summed E-state index contributed by atoms with van der Waals surface area (Å²) in [7, 11) is 0. The monoisotopic (exact) mass is 355 g/mol. The van der Waals surface area contributed by atoms with Crippen LogP contribution in [0.5, 0.6) is 5.75 Å². The summed E-state index contributed by atoms with van der Waals surface area (Å²) in [6.45, 7) is 0.375. The van der Waals surface area contributed by atoms with Crippen molar-refractivity contribution in [3.8, 4) is 5.75 Å². The van der Waals surface area contributed by atoms with Crippen LogP contribution in [0.3, 0.4) is 0 Å². The third kappa shape index (κ3) is 4.31. The maximum atomic E-state index is 12.1. The fourth-order valence-electron chi connectivity index (χ4n) is 2.08. The van der Waals surface area contributed by atoms with Crippen LogP contribution in [-0.4, -0.2) is 10.8 Å². The van der Waals surface area contributed by atoms with Crippen LogP contribution in [0, 0.1) is 0 Å². The molecule has 0 fully saturated rings. The molecule has 0 amide bonds. The lowest BCUT2D eigenvalue weighted by Gasteiger charge is -2.08. The largest absolute Gasteiger partial charge is 0.487 e. The van der Waals surface area contributed by atoms with Gasteiger partial charge in [0.25, 0.3) is 0 Å². The van der Waals surface area contributed by atoms with Gasteiger partial charge >= 0.3 is 0 Å². The van der Waals surface area contributed by atoms with Gasteiger partial charge in [-0.05, 0) is 42.5 Å². The molecule has 1 aromatic carbocycles. The second kappa shape index (κ2) is 7.90. The first-order valence-corrected chi connectivity index (χ1v) is 8.51. The highest BCUT2D eigenvalue weighted by molar-refractivity contribution is 7.18. The molecule has 2 aromatic heterocycles. The summed E-state index contributed by atoms with van der Waals surface area (Å²) >= 11 is 7.13. The number of ketones is 1. The van der Waals surface area contributed by atoms with Crippen LogP contribution in [0.4, 0.5) is 0 Å². The standard InChI is InChI=1S/C19H14ClNO2S/c20-19-11-10-18(24-19)16(22)9-8-14-5-1-2-7-17(14)23-13-15-6-3-4-12-21-15/h1-12H,13H2/b9-8-. The van der Waals surface area contributed by atoms with E-state index in [-0.39, 0.29) is 5.78 Å². The zero-order valence-corrected chi connectivity index (χ0v) is 14.3. The quantitative estimate of drug-likeness (QED) is 0.446. The van der Waals surface area contributed by atoms with E-state index < -0.39 is 0 Å². The van der Waals surface area contributed by atoms with E-state index in [0.29, 0.717) is 21.6 Å². The molecule has 0 saturated heterocycles. The lowest BCUT2D eigenvalue weighted by molar-refractivity contribution is 0.105. The van der Waals surface area contributed by atoms with Gasteiger partial charge in [0.15, 0.2) is 5.78 Å². The fraction of sp³-hybridized carbons (Fsp3) is 0.0526. The number of carbonyl (C=O) groups excluding carboxylic acids is 1. The van der Waals surface area contributed by atoms with E-state index in [2.05, 4.69) is 4.98 Å². The van der Waals surface area contributed by atoms with E-state index in [1.54, 1.807) is 24.4 Å².